The number of likely N-dealkylation sites (N-methyl/N-ethyl adjacent to an activating group) is 1. The molecule has 1 aliphatic heterocycles. The number of hydrogen-bond donors (Lipinski definition) is 0. The molecular weight excluding hydrogens is 360 g/mol. The maximum Gasteiger partial charge on any atom is 0.321 e. The van der Waals surface area contributed by atoms with E-state index in [1.165, 1.54) is 0 Å². The summed E-state index contributed by atoms with van der Waals surface area (Å²) >= 11 is 0. The molecule has 1 fully saturated rings. The fourth-order valence-electron chi connectivity index (χ4n) is 4.05. The van der Waals surface area contributed by atoms with Crippen LogP contribution in [0.5, 0.6) is 0 Å². The van der Waals surface area contributed by atoms with E-state index in [-0.39, 0.29) is 18.1 Å². The molecule has 0 aromatic heterocycles. The molecule has 0 spiro atoms. The summed E-state index contributed by atoms with van der Waals surface area (Å²) in [6.45, 7) is 1.61. The van der Waals surface area contributed by atoms with Gasteiger partial charge >= 0.3 is 6.03 Å². The summed E-state index contributed by atoms with van der Waals surface area (Å²) in [5.41, 5.74) is 3.42. The molecule has 0 saturated carbocycles. The lowest BCUT2D eigenvalue weighted by Gasteiger charge is -2.28. The van der Waals surface area contributed by atoms with E-state index in [9.17, 15) is 4.79 Å². The highest BCUT2D eigenvalue weighted by Gasteiger charge is 2.44. The van der Waals surface area contributed by atoms with Crippen LogP contribution in [0.3, 0.4) is 0 Å². The Labute approximate surface area is 172 Å². The number of nitrogens with zero attached hydrogens (tertiary/aromatic N) is 2. The number of hydrogen-bond acceptors (Lipinski definition) is 2. The molecule has 3 aromatic rings. The van der Waals surface area contributed by atoms with Gasteiger partial charge in [0.1, 0.15) is 0 Å². The Morgan fingerprint density at radius 3 is 1.86 bits per heavy atom. The Balaban J connectivity index is 1.53. The number of ether oxygens (including phenoxy) is 1. The lowest BCUT2D eigenvalue weighted by atomic mass is 9.93. The van der Waals surface area contributed by atoms with Gasteiger partial charge in [0.25, 0.3) is 0 Å². The quantitative estimate of drug-likeness (QED) is 0.532. The van der Waals surface area contributed by atoms with Crippen molar-refractivity contribution in [2.75, 3.05) is 20.2 Å². The Kier molecular flexibility index (Phi) is 5.92. The number of amides is 2. The molecule has 0 aliphatic carbocycles. The molecule has 1 heterocycles. The molecule has 4 rings (SSSR count). The van der Waals surface area contributed by atoms with E-state index < -0.39 is 0 Å². The summed E-state index contributed by atoms with van der Waals surface area (Å²) in [6.07, 6.45) is 0. The third-order valence-corrected chi connectivity index (χ3v) is 5.47. The van der Waals surface area contributed by atoms with E-state index in [4.69, 9.17) is 4.74 Å². The first kappa shape index (κ1) is 19.2. The summed E-state index contributed by atoms with van der Waals surface area (Å²) in [6, 6.07) is 30.6. The average molecular weight is 386 g/mol. The zero-order chi connectivity index (χ0) is 20.1. The molecular formula is C25H26N2O2. The van der Waals surface area contributed by atoms with Crippen LogP contribution in [0.25, 0.3) is 0 Å². The van der Waals surface area contributed by atoms with Crippen molar-refractivity contribution in [3.8, 4) is 0 Å². The fraction of sp³-hybridized carbons (Fsp3) is 0.240. The Morgan fingerprint density at radius 2 is 1.28 bits per heavy atom. The van der Waals surface area contributed by atoms with E-state index in [0.717, 1.165) is 16.7 Å². The lowest BCUT2D eigenvalue weighted by molar-refractivity contribution is 0.0943. The Bertz CT molecular complexity index is 915. The van der Waals surface area contributed by atoms with Gasteiger partial charge in [0.2, 0.25) is 0 Å². The van der Waals surface area contributed by atoms with Gasteiger partial charge in [0.15, 0.2) is 0 Å². The molecule has 3 aromatic carbocycles. The van der Waals surface area contributed by atoms with Crippen LogP contribution < -0.4 is 0 Å². The van der Waals surface area contributed by atoms with Crippen molar-refractivity contribution in [2.45, 2.75) is 18.7 Å². The van der Waals surface area contributed by atoms with Gasteiger partial charge in [0.05, 0.1) is 25.3 Å². The van der Waals surface area contributed by atoms with Gasteiger partial charge in [-0.05, 0) is 16.7 Å². The second-order valence-electron chi connectivity index (χ2n) is 7.34. The Morgan fingerprint density at radius 1 is 0.759 bits per heavy atom. The smallest absolute Gasteiger partial charge is 0.321 e. The van der Waals surface area contributed by atoms with Crippen molar-refractivity contribution in [1.29, 1.82) is 0 Å². The van der Waals surface area contributed by atoms with Crippen LogP contribution in [0.4, 0.5) is 4.79 Å². The topological polar surface area (TPSA) is 32.8 Å². The van der Waals surface area contributed by atoms with Crippen molar-refractivity contribution in [2.24, 2.45) is 0 Å². The zero-order valence-electron chi connectivity index (χ0n) is 16.6. The van der Waals surface area contributed by atoms with Gasteiger partial charge in [-0.3, -0.25) is 0 Å². The Hall–Kier alpha value is -3.11. The second kappa shape index (κ2) is 8.93. The molecule has 148 valence electrons. The molecule has 0 radical (unpaired) electrons. The number of carbonyl (C=O) groups excluding carboxylic acids is 1. The summed E-state index contributed by atoms with van der Waals surface area (Å²) in [5, 5.41) is 0. The SMILES string of the molecule is CN1C(=O)N(CCOCc2ccccc2)[C@H](c2ccccc2)[C@H]1c1ccccc1. The first-order valence-electron chi connectivity index (χ1n) is 10.0. The number of urea groups is 1. The van der Waals surface area contributed by atoms with Crippen molar-refractivity contribution in [1.82, 2.24) is 9.80 Å². The minimum absolute atomic E-state index is 0.0276. The standard InChI is InChI=1S/C25H26N2O2/c1-26-23(21-13-7-3-8-14-21)24(22-15-9-4-10-16-22)27(25(26)28)17-18-29-19-20-11-5-2-6-12-20/h2-16,23-24H,17-19H2,1H3/t23-,24-/m1/s1. The van der Waals surface area contributed by atoms with Gasteiger partial charge in [-0.25, -0.2) is 4.79 Å². The molecule has 0 N–H and O–H groups in total. The first-order chi connectivity index (χ1) is 14.3. The first-order valence-corrected chi connectivity index (χ1v) is 10.0. The predicted molar refractivity (Wildman–Crippen MR) is 114 cm³/mol. The lowest BCUT2D eigenvalue weighted by Crippen LogP contribution is -2.33. The molecule has 29 heavy (non-hydrogen) atoms. The van der Waals surface area contributed by atoms with E-state index in [0.29, 0.717) is 19.8 Å². The van der Waals surface area contributed by atoms with Crippen LogP contribution in [0, 0.1) is 0 Å². The van der Waals surface area contributed by atoms with Crippen molar-refractivity contribution in [3.05, 3.63) is 108 Å². The summed E-state index contributed by atoms with van der Waals surface area (Å²) in [4.78, 5) is 16.9. The van der Waals surface area contributed by atoms with Crippen LogP contribution in [-0.2, 0) is 11.3 Å². The van der Waals surface area contributed by atoms with Crippen molar-refractivity contribution < 1.29 is 9.53 Å². The van der Waals surface area contributed by atoms with E-state index in [1.54, 1.807) is 0 Å². The van der Waals surface area contributed by atoms with Crippen LogP contribution in [0.15, 0.2) is 91.0 Å². The molecule has 4 nitrogen and oxygen atoms in total. The van der Waals surface area contributed by atoms with Gasteiger partial charge in [0, 0.05) is 13.6 Å². The summed E-state index contributed by atoms with van der Waals surface area (Å²) < 4.78 is 5.88. The highest BCUT2D eigenvalue weighted by molar-refractivity contribution is 5.78. The summed E-state index contributed by atoms with van der Waals surface area (Å²) in [5.74, 6) is 0. The van der Waals surface area contributed by atoms with E-state index in [1.807, 2.05) is 83.6 Å². The average Bonchev–Trinajstić information content (AvgIpc) is 3.03. The molecule has 1 aliphatic rings. The van der Waals surface area contributed by atoms with Crippen LogP contribution in [0.2, 0.25) is 0 Å². The van der Waals surface area contributed by atoms with E-state index >= 15 is 0 Å². The largest absolute Gasteiger partial charge is 0.375 e. The highest BCUT2D eigenvalue weighted by Crippen LogP contribution is 2.43. The maximum atomic E-state index is 13.1. The predicted octanol–water partition coefficient (Wildman–Crippen LogP) is 5.05. The fourth-order valence-corrected chi connectivity index (χ4v) is 4.05. The van der Waals surface area contributed by atoms with Gasteiger partial charge < -0.3 is 14.5 Å². The van der Waals surface area contributed by atoms with Gasteiger partial charge in [-0.15, -0.1) is 0 Å². The minimum atomic E-state index is -0.0450. The van der Waals surface area contributed by atoms with Crippen molar-refractivity contribution in [3.63, 3.8) is 0 Å². The number of rotatable bonds is 7. The maximum absolute atomic E-state index is 13.1. The molecule has 2 atom stereocenters. The molecule has 1 saturated heterocycles. The van der Waals surface area contributed by atoms with Gasteiger partial charge in [-0.1, -0.05) is 91.0 Å². The molecule has 0 unspecified atom stereocenters. The zero-order valence-corrected chi connectivity index (χ0v) is 16.6. The third-order valence-electron chi connectivity index (χ3n) is 5.47. The summed E-state index contributed by atoms with van der Waals surface area (Å²) in [7, 11) is 1.89. The van der Waals surface area contributed by atoms with Crippen molar-refractivity contribution >= 4 is 6.03 Å². The highest BCUT2D eigenvalue weighted by atomic mass is 16.5. The molecule has 2 amide bonds. The normalized spacial score (nSPS) is 19.0. The van der Waals surface area contributed by atoms with E-state index in [2.05, 4.69) is 24.3 Å². The van der Waals surface area contributed by atoms with Crippen LogP contribution >= 0.6 is 0 Å². The second-order valence-corrected chi connectivity index (χ2v) is 7.34. The minimum Gasteiger partial charge on any atom is -0.375 e. The molecule has 4 heteroatoms. The van der Waals surface area contributed by atoms with Crippen LogP contribution in [-0.4, -0.2) is 36.0 Å². The third kappa shape index (κ3) is 4.17. The monoisotopic (exact) mass is 386 g/mol. The molecule has 0 bridgehead atoms. The van der Waals surface area contributed by atoms with Gasteiger partial charge in [-0.2, -0.15) is 0 Å². The number of carbonyl (C=O) groups is 1. The number of benzene rings is 3. The van der Waals surface area contributed by atoms with Crippen LogP contribution in [0.1, 0.15) is 28.8 Å².